The van der Waals surface area contributed by atoms with Crippen molar-refractivity contribution in [1.82, 2.24) is 15.1 Å². The zero-order valence-electron chi connectivity index (χ0n) is 11.6. The fraction of sp³-hybridized carbons (Fsp3) is 0.286. The molecule has 1 amide bonds. The van der Waals surface area contributed by atoms with E-state index in [0.29, 0.717) is 12.2 Å². The molecule has 6 heteroatoms. The number of nitrogens with two attached hydrogens (primary N) is 1. The molecule has 0 saturated heterocycles. The first kappa shape index (κ1) is 14.6. The maximum atomic E-state index is 11.6. The Morgan fingerprint density at radius 3 is 2.90 bits per heavy atom. The smallest absolute Gasteiger partial charge is 0.271 e. The molecule has 106 valence electrons. The Balaban J connectivity index is 2.44. The van der Waals surface area contributed by atoms with E-state index >= 15 is 0 Å². The first-order valence-corrected chi connectivity index (χ1v) is 7.42. The van der Waals surface area contributed by atoms with Gasteiger partial charge in [0.05, 0.1) is 5.69 Å². The number of carbonyl (C=O) groups excluding carboxylic acids is 1. The van der Waals surface area contributed by atoms with E-state index in [-0.39, 0.29) is 5.91 Å². The van der Waals surface area contributed by atoms with Crippen LogP contribution >= 0.6 is 11.8 Å². The molecule has 0 saturated carbocycles. The SMILES string of the molecule is CCSc1cccc(-n2ccc(C(=O)NC)n2)c1CN. The third-order valence-corrected chi connectivity index (χ3v) is 3.89. The molecule has 0 aliphatic heterocycles. The van der Waals surface area contributed by atoms with Crippen molar-refractivity contribution in [2.75, 3.05) is 12.8 Å². The molecule has 1 aromatic heterocycles. The molecule has 0 aliphatic rings. The summed E-state index contributed by atoms with van der Waals surface area (Å²) in [5, 5.41) is 6.86. The molecule has 0 atom stereocenters. The maximum Gasteiger partial charge on any atom is 0.271 e. The molecule has 1 aromatic carbocycles. The number of rotatable bonds is 5. The van der Waals surface area contributed by atoms with Crippen molar-refractivity contribution in [3.63, 3.8) is 0 Å². The Bertz CT molecular complexity index is 609. The molecule has 0 bridgehead atoms. The summed E-state index contributed by atoms with van der Waals surface area (Å²) in [5.74, 6) is 0.788. The van der Waals surface area contributed by atoms with E-state index in [1.165, 1.54) is 0 Å². The second-order valence-electron chi connectivity index (χ2n) is 4.12. The second kappa shape index (κ2) is 6.58. The molecule has 5 nitrogen and oxygen atoms in total. The number of hydrogen-bond acceptors (Lipinski definition) is 4. The van der Waals surface area contributed by atoms with Gasteiger partial charge in [0.1, 0.15) is 0 Å². The fourth-order valence-corrected chi connectivity index (χ4v) is 2.82. The van der Waals surface area contributed by atoms with Crippen molar-refractivity contribution in [3.8, 4) is 5.69 Å². The van der Waals surface area contributed by atoms with Crippen molar-refractivity contribution in [2.45, 2.75) is 18.4 Å². The van der Waals surface area contributed by atoms with Crippen LogP contribution in [0.2, 0.25) is 0 Å². The van der Waals surface area contributed by atoms with Crippen molar-refractivity contribution < 1.29 is 4.79 Å². The summed E-state index contributed by atoms with van der Waals surface area (Å²) in [6, 6.07) is 7.69. The maximum absolute atomic E-state index is 11.6. The largest absolute Gasteiger partial charge is 0.354 e. The van der Waals surface area contributed by atoms with Gasteiger partial charge in [-0.05, 0) is 24.0 Å². The van der Waals surface area contributed by atoms with Gasteiger partial charge in [0, 0.05) is 30.2 Å². The lowest BCUT2D eigenvalue weighted by molar-refractivity contribution is 0.0957. The monoisotopic (exact) mass is 290 g/mol. The number of nitrogens with one attached hydrogen (secondary N) is 1. The van der Waals surface area contributed by atoms with Gasteiger partial charge >= 0.3 is 0 Å². The van der Waals surface area contributed by atoms with Crippen LogP contribution in [0.1, 0.15) is 23.0 Å². The van der Waals surface area contributed by atoms with Crippen molar-refractivity contribution in [2.24, 2.45) is 5.73 Å². The molecule has 0 fully saturated rings. The summed E-state index contributed by atoms with van der Waals surface area (Å²) >= 11 is 1.75. The summed E-state index contributed by atoms with van der Waals surface area (Å²) in [5.41, 5.74) is 8.24. The van der Waals surface area contributed by atoms with Gasteiger partial charge in [-0.1, -0.05) is 13.0 Å². The number of thioether (sulfide) groups is 1. The Hall–Kier alpha value is -1.79. The highest BCUT2D eigenvalue weighted by Gasteiger charge is 2.12. The van der Waals surface area contributed by atoms with E-state index in [2.05, 4.69) is 23.4 Å². The third-order valence-electron chi connectivity index (χ3n) is 2.91. The van der Waals surface area contributed by atoms with Crippen LogP contribution in [-0.4, -0.2) is 28.5 Å². The minimum atomic E-state index is -0.197. The minimum absolute atomic E-state index is 0.197. The molecule has 0 radical (unpaired) electrons. The van der Waals surface area contributed by atoms with Gasteiger partial charge in [-0.2, -0.15) is 5.10 Å². The molecule has 1 heterocycles. The first-order valence-electron chi connectivity index (χ1n) is 6.44. The lowest BCUT2D eigenvalue weighted by atomic mass is 10.2. The predicted molar refractivity (Wildman–Crippen MR) is 81.2 cm³/mol. The molecule has 2 rings (SSSR count). The van der Waals surface area contributed by atoms with Gasteiger partial charge < -0.3 is 11.1 Å². The van der Waals surface area contributed by atoms with Crippen LogP contribution in [-0.2, 0) is 6.54 Å². The van der Waals surface area contributed by atoms with Gasteiger partial charge in [0.2, 0.25) is 0 Å². The highest BCUT2D eigenvalue weighted by Crippen LogP contribution is 2.27. The summed E-state index contributed by atoms with van der Waals surface area (Å²) in [6.07, 6.45) is 1.78. The van der Waals surface area contributed by atoms with E-state index in [1.807, 2.05) is 12.1 Å². The molecule has 0 unspecified atom stereocenters. The van der Waals surface area contributed by atoms with E-state index < -0.39 is 0 Å². The van der Waals surface area contributed by atoms with Gasteiger partial charge in [-0.25, -0.2) is 4.68 Å². The minimum Gasteiger partial charge on any atom is -0.354 e. The van der Waals surface area contributed by atoms with Gasteiger partial charge in [0.25, 0.3) is 5.91 Å². The van der Waals surface area contributed by atoms with Gasteiger partial charge in [-0.3, -0.25) is 4.79 Å². The fourth-order valence-electron chi connectivity index (χ4n) is 1.97. The number of hydrogen-bond donors (Lipinski definition) is 2. The van der Waals surface area contributed by atoms with E-state index in [9.17, 15) is 4.79 Å². The number of aromatic nitrogens is 2. The number of amides is 1. The quantitative estimate of drug-likeness (QED) is 0.824. The van der Waals surface area contributed by atoms with Crippen LogP contribution in [0.15, 0.2) is 35.4 Å². The van der Waals surface area contributed by atoms with Crippen LogP contribution < -0.4 is 11.1 Å². The Morgan fingerprint density at radius 1 is 1.45 bits per heavy atom. The molecule has 0 spiro atoms. The standard InChI is InChI=1S/C14H18N4OS/c1-3-20-13-6-4-5-12(10(13)9-15)18-8-7-11(17-18)14(19)16-2/h4-8H,3,9,15H2,1-2H3,(H,16,19). The van der Waals surface area contributed by atoms with Crippen LogP contribution in [0.25, 0.3) is 5.69 Å². The highest BCUT2D eigenvalue weighted by molar-refractivity contribution is 7.99. The lowest BCUT2D eigenvalue weighted by Crippen LogP contribution is -2.18. The summed E-state index contributed by atoms with van der Waals surface area (Å²) in [4.78, 5) is 12.7. The second-order valence-corrected chi connectivity index (χ2v) is 5.42. The predicted octanol–water partition coefficient (Wildman–Crippen LogP) is 1.80. The summed E-state index contributed by atoms with van der Waals surface area (Å²) < 4.78 is 1.70. The van der Waals surface area contributed by atoms with Crippen LogP contribution in [0.5, 0.6) is 0 Å². The van der Waals surface area contributed by atoms with Crippen molar-refractivity contribution >= 4 is 17.7 Å². The molecule has 2 aromatic rings. The van der Waals surface area contributed by atoms with Crippen LogP contribution in [0.3, 0.4) is 0 Å². The summed E-state index contributed by atoms with van der Waals surface area (Å²) in [6.45, 7) is 2.54. The number of benzene rings is 1. The number of nitrogens with zero attached hydrogens (tertiary/aromatic N) is 2. The van der Waals surface area contributed by atoms with E-state index in [0.717, 1.165) is 21.9 Å². The average Bonchev–Trinajstić information content (AvgIpc) is 2.96. The van der Waals surface area contributed by atoms with Gasteiger partial charge in [-0.15, -0.1) is 11.8 Å². The Kier molecular flexibility index (Phi) is 4.81. The zero-order valence-corrected chi connectivity index (χ0v) is 12.4. The average molecular weight is 290 g/mol. The van der Waals surface area contributed by atoms with Crippen LogP contribution in [0, 0.1) is 0 Å². The Morgan fingerprint density at radius 2 is 2.25 bits per heavy atom. The van der Waals surface area contributed by atoms with E-state index in [4.69, 9.17) is 5.73 Å². The van der Waals surface area contributed by atoms with Crippen molar-refractivity contribution in [1.29, 1.82) is 0 Å². The highest BCUT2D eigenvalue weighted by atomic mass is 32.2. The van der Waals surface area contributed by atoms with E-state index in [1.54, 1.807) is 35.8 Å². The Labute approximate surface area is 122 Å². The van der Waals surface area contributed by atoms with Crippen molar-refractivity contribution in [3.05, 3.63) is 41.7 Å². The number of carbonyl (C=O) groups is 1. The molecule has 20 heavy (non-hydrogen) atoms. The molecular formula is C14H18N4OS. The zero-order chi connectivity index (χ0) is 14.5. The van der Waals surface area contributed by atoms with Crippen LogP contribution in [0.4, 0.5) is 0 Å². The van der Waals surface area contributed by atoms with Gasteiger partial charge in [0.15, 0.2) is 5.69 Å². The molecular weight excluding hydrogens is 272 g/mol. The summed E-state index contributed by atoms with van der Waals surface area (Å²) in [7, 11) is 1.59. The molecule has 3 N–H and O–H groups in total. The first-order chi connectivity index (χ1) is 9.71. The molecule has 0 aliphatic carbocycles. The third kappa shape index (κ3) is 2.86. The topological polar surface area (TPSA) is 72.9 Å². The lowest BCUT2D eigenvalue weighted by Gasteiger charge is -2.12. The normalized spacial score (nSPS) is 10.6.